The van der Waals surface area contributed by atoms with Gasteiger partial charge in [0.15, 0.2) is 0 Å². The summed E-state index contributed by atoms with van der Waals surface area (Å²) < 4.78 is 0. The molecular weight excluding hydrogens is 320 g/mol. The predicted octanol–water partition coefficient (Wildman–Crippen LogP) is 3.56. The Morgan fingerprint density at radius 3 is 2.38 bits per heavy atom. The van der Waals surface area contributed by atoms with Crippen LogP contribution in [0.25, 0.3) is 0 Å². The molecule has 5 heteroatoms. The zero-order valence-electron chi connectivity index (χ0n) is 14.2. The molecule has 0 atom stereocenters. The first-order valence-electron chi connectivity index (χ1n) is 7.82. The van der Waals surface area contributed by atoms with Crippen LogP contribution in [-0.4, -0.2) is 17.6 Å². The van der Waals surface area contributed by atoms with E-state index >= 15 is 0 Å². The highest BCUT2D eigenvalue weighted by Gasteiger charge is 2.09. The first-order chi connectivity index (χ1) is 11.5. The number of thioether (sulfide) groups is 1. The number of amides is 2. The summed E-state index contributed by atoms with van der Waals surface area (Å²) in [6.45, 7) is 6.01. The lowest BCUT2D eigenvalue weighted by Gasteiger charge is -2.09. The van der Waals surface area contributed by atoms with E-state index in [1.165, 1.54) is 11.1 Å². The van der Waals surface area contributed by atoms with Crippen LogP contribution >= 0.6 is 11.8 Å². The van der Waals surface area contributed by atoms with E-state index in [0.29, 0.717) is 17.7 Å². The molecule has 0 aromatic heterocycles. The molecule has 2 aromatic carbocycles. The fourth-order valence-electron chi connectivity index (χ4n) is 2.15. The fourth-order valence-corrected chi connectivity index (χ4v) is 3.10. The molecule has 0 spiro atoms. The Hall–Kier alpha value is -2.27. The quantitative estimate of drug-likeness (QED) is 0.645. The third-order valence-corrected chi connectivity index (χ3v) is 4.78. The molecule has 0 radical (unpaired) electrons. The van der Waals surface area contributed by atoms with Gasteiger partial charge < -0.3 is 0 Å². The molecule has 126 valence electrons. The molecular formula is C19H22N2O2S. The van der Waals surface area contributed by atoms with Gasteiger partial charge in [-0.3, -0.25) is 20.4 Å². The van der Waals surface area contributed by atoms with Gasteiger partial charge in [-0.2, -0.15) is 0 Å². The summed E-state index contributed by atoms with van der Waals surface area (Å²) in [5, 5.41) is 0. The van der Waals surface area contributed by atoms with Crippen LogP contribution in [-0.2, 0) is 4.79 Å². The van der Waals surface area contributed by atoms with Gasteiger partial charge in [-0.1, -0.05) is 24.3 Å². The molecule has 0 unspecified atom stereocenters. The molecule has 0 fully saturated rings. The van der Waals surface area contributed by atoms with E-state index in [9.17, 15) is 9.59 Å². The lowest BCUT2D eigenvalue weighted by atomic mass is 10.1. The minimum absolute atomic E-state index is 0.201. The van der Waals surface area contributed by atoms with Crippen molar-refractivity contribution in [3.05, 3.63) is 64.7 Å². The summed E-state index contributed by atoms with van der Waals surface area (Å²) in [7, 11) is 0. The van der Waals surface area contributed by atoms with Gasteiger partial charge in [-0.25, -0.2) is 0 Å². The van der Waals surface area contributed by atoms with Gasteiger partial charge in [0.25, 0.3) is 5.91 Å². The molecule has 0 saturated carbocycles. The third kappa shape index (κ3) is 5.13. The summed E-state index contributed by atoms with van der Waals surface area (Å²) >= 11 is 1.63. The Morgan fingerprint density at radius 2 is 1.67 bits per heavy atom. The average Bonchev–Trinajstić information content (AvgIpc) is 2.56. The second-order valence-corrected chi connectivity index (χ2v) is 6.83. The minimum atomic E-state index is -0.303. The number of carbonyl (C=O) groups excluding carboxylic acids is 2. The van der Waals surface area contributed by atoms with Gasteiger partial charge in [-0.15, -0.1) is 11.8 Å². The van der Waals surface area contributed by atoms with Gasteiger partial charge in [0.05, 0.1) is 0 Å². The largest absolute Gasteiger partial charge is 0.273 e. The molecule has 0 saturated heterocycles. The molecule has 24 heavy (non-hydrogen) atoms. The zero-order chi connectivity index (χ0) is 17.5. The Kier molecular flexibility index (Phi) is 6.44. The van der Waals surface area contributed by atoms with Crippen molar-refractivity contribution in [2.45, 2.75) is 32.1 Å². The molecule has 2 rings (SSSR count). The van der Waals surface area contributed by atoms with Crippen LogP contribution in [0.3, 0.4) is 0 Å². The Labute approximate surface area is 147 Å². The Balaban J connectivity index is 1.74. The Bertz CT molecular complexity index is 744. The average molecular weight is 342 g/mol. The summed E-state index contributed by atoms with van der Waals surface area (Å²) in [6.07, 6.45) is 0.339. The predicted molar refractivity (Wildman–Crippen MR) is 98.0 cm³/mol. The van der Waals surface area contributed by atoms with Gasteiger partial charge >= 0.3 is 0 Å². The van der Waals surface area contributed by atoms with Crippen molar-refractivity contribution in [2.75, 3.05) is 5.75 Å². The maximum atomic E-state index is 12.0. The molecule has 0 bridgehead atoms. The normalized spacial score (nSPS) is 10.3. The molecule has 0 aliphatic heterocycles. The maximum absolute atomic E-state index is 12.0. The van der Waals surface area contributed by atoms with E-state index in [1.54, 1.807) is 23.9 Å². The van der Waals surface area contributed by atoms with Crippen molar-refractivity contribution in [3.8, 4) is 0 Å². The third-order valence-electron chi connectivity index (χ3n) is 3.78. The second-order valence-electron chi connectivity index (χ2n) is 5.66. The van der Waals surface area contributed by atoms with Crippen LogP contribution in [0.15, 0.2) is 47.4 Å². The van der Waals surface area contributed by atoms with Gasteiger partial charge in [0.1, 0.15) is 0 Å². The topological polar surface area (TPSA) is 58.2 Å². The maximum Gasteiger partial charge on any atom is 0.269 e. The highest BCUT2D eigenvalue weighted by Crippen LogP contribution is 2.21. The Morgan fingerprint density at radius 1 is 0.917 bits per heavy atom. The summed E-state index contributed by atoms with van der Waals surface area (Å²) in [5.41, 5.74) is 8.85. The smallest absolute Gasteiger partial charge is 0.269 e. The number of nitrogens with one attached hydrogen (secondary N) is 2. The van der Waals surface area contributed by atoms with Crippen molar-refractivity contribution in [1.29, 1.82) is 0 Å². The van der Waals surface area contributed by atoms with E-state index in [4.69, 9.17) is 0 Å². The summed E-state index contributed by atoms with van der Waals surface area (Å²) in [5.74, 6) is 0.158. The standard InChI is InChI=1S/C19H22N2O2S/c1-13-8-9-16(12-15(13)3)24-11-10-18(22)20-21-19(23)17-7-5-4-6-14(17)2/h4-9,12H,10-11H2,1-3H3,(H,20,22)(H,21,23). The van der Waals surface area contributed by atoms with E-state index in [1.807, 2.05) is 19.1 Å². The number of carbonyl (C=O) groups is 2. The van der Waals surface area contributed by atoms with E-state index in [0.717, 1.165) is 10.5 Å². The van der Waals surface area contributed by atoms with Crippen molar-refractivity contribution in [3.63, 3.8) is 0 Å². The number of hydrogen-bond donors (Lipinski definition) is 2. The molecule has 2 N–H and O–H groups in total. The van der Waals surface area contributed by atoms with E-state index < -0.39 is 0 Å². The van der Waals surface area contributed by atoms with Crippen LogP contribution in [0.2, 0.25) is 0 Å². The highest BCUT2D eigenvalue weighted by atomic mass is 32.2. The highest BCUT2D eigenvalue weighted by molar-refractivity contribution is 7.99. The van der Waals surface area contributed by atoms with Crippen molar-refractivity contribution in [2.24, 2.45) is 0 Å². The molecule has 4 nitrogen and oxygen atoms in total. The number of aryl methyl sites for hydroxylation is 3. The van der Waals surface area contributed by atoms with Crippen LogP contribution in [0.4, 0.5) is 0 Å². The molecule has 2 amide bonds. The monoisotopic (exact) mass is 342 g/mol. The molecule has 0 aliphatic carbocycles. The van der Waals surface area contributed by atoms with Crippen molar-refractivity contribution in [1.82, 2.24) is 10.9 Å². The number of hydrazine groups is 1. The number of rotatable bonds is 5. The number of benzene rings is 2. The van der Waals surface area contributed by atoms with Gasteiger partial charge in [-0.05, 0) is 55.7 Å². The lowest BCUT2D eigenvalue weighted by Crippen LogP contribution is -2.42. The summed E-state index contributed by atoms with van der Waals surface area (Å²) in [6, 6.07) is 13.5. The van der Waals surface area contributed by atoms with Crippen molar-refractivity contribution >= 4 is 23.6 Å². The second kappa shape index (κ2) is 8.55. The van der Waals surface area contributed by atoms with Gasteiger partial charge in [0, 0.05) is 22.6 Å². The van der Waals surface area contributed by atoms with Crippen LogP contribution in [0.5, 0.6) is 0 Å². The van der Waals surface area contributed by atoms with Crippen LogP contribution in [0.1, 0.15) is 33.5 Å². The first kappa shape index (κ1) is 18.1. The minimum Gasteiger partial charge on any atom is -0.273 e. The molecule has 0 aliphatic rings. The molecule has 0 heterocycles. The lowest BCUT2D eigenvalue weighted by molar-refractivity contribution is -0.121. The van der Waals surface area contributed by atoms with Crippen LogP contribution < -0.4 is 10.9 Å². The summed E-state index contributed by atoms with van der Waals surface area (Å²) in [4.78, 5) is 25.0. The van der Waals surface area contributed by atoms with Crippen molar-refractivity contribution < 1.29 is 9.59 Å². The van der Waals surface area contributed by atoms with Crippen LogP contribution in [0, 0.1) is 20.8 Å². The van der Waals surface area contributed by atoms with Gasteiger partial charge in [0.2, 0.25) is 5.91 Å². The fraction of sp³-hybridized carbons (Fsp3) is 0.263. The number of hydrogen-bond acceptors (Lipinski definition) is 3. The first-order valence-corrected chi connectivity index (χ1v) is 8.81. The SMILES string of the molecule is Cc1ccc(SCCC(=O)NNC(=O)c2ccccc2C)cc1C. The molecule has 2 aromatic rings. The zero-order valence-corrected chi connectivity index (χ0v) is 15.0. The van der Waals surface area contributed by atoms with E-state index in [2.05, 4.69) is 42.9 Å². The van der Waals surface area contributed by atoms with E-state index in [-0.39, 0.29) is 11.8 Å².